The standard InChI is InChI=1S/C63H110O6/c1-4-7-10-13-16-19-22-25-28-31-34-37-40-43-46-49-52-55-61(64)67-58-60(69-63(66)57-54-51-48-45-42-39-36-33-30-27-24-21-18-15-12-9-6-3)59-68-62(65)56-53-50-47-44-41-38-35-32-29-26-23-20-17-14-11-8-5-2/h16,18-19,21,25,27-28,30,36,39,45,48,60H,4-15,17,20,22-24,26,29,31-35,37-38,40-44,46-47,49-59H2,1-3H3/b19-16-,21-18-,28-25-,30-27-,39-36-,48-45-/t60-/m1/s1. The van der Waals surface area contributed by atoms with Gasteiger partial charge in [0.15, 0.2) is 6.10 Å². The Morgan fingerprint density at radius 2 is 0.536 bits per heavy atom. The Hall–Kier alpha value is -3.15. The minimum Gasteiger partial charge on any atom is -0.462 e. The third-order valence-corrected chi connectivity index (χ3v) is 12.7. The highest BCUT2D eigenvalue weighted by atomic mass is 16.6. The van der Waals surface area contributed by atoms with Gasteiger partial charge >= 0.3 is 17.9 Å². The van der Waals surface area contributed by atoms with Crippen molar-refractivity contribution >= 4 is 17.9 Å². The van der Waals surface area contributed by atoms with Crippen molar-refractivity contribution in [1.82, 2.24) is 0 Å². The molecule has 0 aromatic heterocycles. The van der Waals surface area contributed by atoms with Crippen LogP contribution in [0, 0.1) is 0 Å². The van der Waals surface area contributed by atoms with Gasteiger partial charge in [0.1, 0.15) is 13.2 Å². The first-order valence-corrected chi connectivity index (χ1v) is 29.4. The molecule has 398 valence electrons. The van der Waals surface area contributed by atoms with Crippen molar-refractivity contribution in [2.45, 2.75) is 297 Å². The molecule has 0 spiro atoms. The van der Waals surface area contributed by atoms with Crippen LogP contribution in [-0.2, 0) is 28.6 Å². The Bertz CT molecular complexity index is 1290. The molecule has 0 fully saturated rings. The minimum absolute atomic E-state index is 0.0973. The van der Waals surface area contributed by atoms with E-state index in [9.17, 15) is 14.4 Å². The number of carbonyl (C=O) groups is 3. The zero-order valence-corrected chi connectivity index (χ0v) is 45.6. The molecule has 0 saturated carbocycles. The molecule has 0 radical (unpaired) electrons. The number of ether oxygens (including phenoxy) is 3. The monoisotopic (exact) mass is 963 g/mol. The molecule has 6 nitrogen and oxygen atoms in total. The summed E-state index contributed by atoms with van der Waals surface area (Å²) in [6, 6.07) is 0. The number of carbonyl (C=O) groups excluding carboxylic acids is 3. The number of unbranched alkanes of at least 4 members (excludes halogenated alkanes) is 30. The fraction of sp³-hybridized carbons (Fsp3) is 0.762. The molecule has 0 unspecified atom stereocenters. The van der Waals surface area contributed by atoms with Crippen LogP contribution in [0.1, 0.15) is 290 Å². The summed E-state index contributed by atoms with van der Waals surface area (Å²) in [5.74, 6) is -0.951. The summed E-state index contributed by atoms with van der Waals surface area (Å²) < 4.78 is 16.8. The summed E-state index contributed by atoms with van der Waals surface area (Å²) in [6.07, 6.45) is 73.2. The van der Waals surface area contributed by atoms with Crippen LogP contribution in [0.4, 0.5) is 0 Å². The fourth-order valence-corrected chi connectivity index (χ4v) is 8.23. The van der Waals surface area contributed by atoms with Gasteiger partial charge in [0.25, 0.3) is 0 Å². The number of hydrogen-bond donors (Lipinski definition) is 0. The van der Waals surface area contributed by atoms with Crippen LogP contribution in [0.15, 0.2) is 72.9 Å². The van der Waals surface area contributed by atoms with Gasteiger partial charge in [-0.2, -0.15) is 0 Å². The number of hydrogen-bond acceptors (Lipinski definition) is 6. The second-order valence-electron chi connectivity index (χ2n) is 19.6. The molecule has 0 aliphatic carbocycles. The highest BCUT2D eigenvalue weighted by Gasteiger charge is 2.19. The van der Waals surface area contributed by atoms with Crippen molar-refractivity contribution < 1.29 is 28.6 Å². The lowest BCUT2D eigenvalue weighted by Crippen LogP contribution is -2.30. The van der Waals surface area contributed by atoms with Gasteiger partial charge in [0, 0.05) is 19.3 Å². The summed E-state index contributed by atoms with van der Waals surface area (Å²) in [7, 11) is 0. The summed E-state index contributed by atoms with van der Waals surface area (Å²) in [5, 5.41) is 0. The first-order valence-electron chi connectivity index (χ1n) is 29.4. The molecule has 0 bridgehead atoms. The van der Waals surface area contributed by atoms with E-state index in [1.807, 2.05) is 0 Å². The Balaban J connectivity index is 4.46. The molecular formula is C63H110O6. The zero-order chi connectivity index (χ0) is 50.0. The fourth-order valence-electron chi connectivity index (χ4n) is 8.23. The average molecular weight is 964 g/mol. The molecule has 0 rings (SSSR count). The topological polar surface area (TPSA) is 78.9 Å². The second kappa shape index (κ2) is 57.4. The van der Waals surface area contributed by atoms with Crippen molar-refractivity contribution in [2.75, 3.05) is 13.2 Å². The Kier molecular flexibility index (Phi) is 54.8. The van der Waals surface area contributed by atoms with Crippen LogP contribution >= 0.6 is 0 Å². The minimum atomic E-state index is -0.806. The lowest BCUT2D eigenvalue weighted by atomic mass is 10.0. The van der Waals surface area contributed by atoms with E-state index in [0.29, 0.717) is 19.3 Å². The van der Waals surface area contributed by atoms with Crippen molar-refractivity contribution in [3.05, 3.63) is 72.9 Å². The van der Waals surface area contributed by atoms with Crippen molar-refractivity contribution in [3.8, 4) is 0 Å². The first kappa shape index (κ1) is 65.8. The van der Waals surface area contributed by atoms with Gasteiger partial charge in [-0.1, -0.05) is 254 Å². The molecule has 0 aliphatic heterocycles. The number of rotatable bonds is 53. The molecule has 0 amide bonds. The molecule has 0 aliphatic rings. The van der Waals surface area contributed by atoms with E-state index in [4.69, 9.17) is 14.2 Å². The summed E-state index contributed by atoms with van der Waals surface area (Å²) >= 11 is 0. The maximum Gasteiger partial charge on any atom is 0.306 e. The quantitative estimate of drug-likeness (QED) is 0.0262. The largest absolute Gasteiger partial charge is 0.462 e. The molecular weight excluding hydrogens is 853 g/mol. The van der Waals surface area contributed by atoms with E-state index < -0.39 is 6.10 Å². The van der Waals surface area contributed by atoms with Gasteiger partial charge < -0.3 is 14.2 Å². The van der Waals surface area contributed by atoms with Crippen LogP contribution in [0.2, 0.25) is 0 Å². The first-order chi connectivity index (χ1) is 34.0. The normalized spacial score (nSPS) is 12.6. The lowest BCUT2D eigenvalue weighted by molar-refractivity contribution is -0.167. The second-order valence-corrected chi connectivity index (χ2v) is 19.6. The molecule has 0 N–H and O–H groups in total. The van der Waals surface area contributed by atoms with Crippen molar-refractivity contribution in [1.29, 1.82) is 0 Å². The maximum absolute atomic E-state index is 12.8. The molecule has 1 atom stereocenters. The molecule has 6 heteroatoms. The number of allylic oxidation sites excluding steroid dienone is 12. The van der Waals surface area contributed by atoms with Crippen molar-refractivity contribution in [3.63, 3.8) is 0 Å². The molecule has 0 aromatic carbocycles. The van der Waals surface area contributed by atoms with Crippen LogP contribution in [0.3, 0.4) is 0 Å². The van der Waals surface area contributed by atoms with Crippen LogP contribution in [0.5, 0.6) is 0 Å². The highest BCUT2D eigenvalue weighted by Crippen LogP contribution is 2.16. The van der Waals surface area contributed by atoms with E-state index in [0.717, 1.165) is 77.0 Å². The third kappa shape index (κ3) is 55.6. The van der Waals surface area contributed by atoms with Gasteiger partial charge in [0.05, 0.1) is 0 Å². The van der Waals surface area contributed by atoms with Crippen LogP contribution in [-0.4, -0.2) is 37.2 Å². The SMILES string of the molecule is CCCCC/C=C\C/C=C\C/C=C\C/C=C\CCCC(=O)O[C@H](COC(=O)CCCCCCCCC/C=C\C/C=C\CCCCC)COC(=O)CCCCCCCCCCCCCCCCCCC. The van der Waals surface area contributed by atoms with E-state index in [1.165, 1.54) is 167 Å². The summed E-state index contributed by atoms with van der Waals surface area (Å²) in [5.41, 5.74) is 0. The third-order valence-electron chi connectivity index (χ3n) is 12.7. The lowest BCUT2D eigenvalue weighted by Gasteiger charge is -2.18. The maximum atomic E-state index is 12.8. The molecule has 0 saturated heterocycles. The van der Waals surface area contributed by atoms with Crippen LogP contribution in [0.25, 0.3) is 0 Å². The predicted octanol–water partition coefficient (Wildman–Crippen LogP) is 19.8. The van der Waals surface area contributed by atoms with E-state index in [2.05, 4.69) is 93.7 Å². The van der Waals surface area contributed by atoms with Gasteiger partial charge in [-0.25, -0.2) is 0 Å². The van der Waals surface area contributed by atoms with E-state index >= 15 is 0 Å². The predicted molar refractivity (Wildman–Crippen MR) is 298 cm³/mol. The van der Waals surface area contributed by atoms with Gasteiger partial charge in [0.2, 0.25) is 0 Å². The smallest absolute Gasteiger partial charge is 0.306 e. The average Bonchev–Trinajstić information content (AvgIpc) is 3.35. The molecule has 69 heavy (non-hydrogen) atoms. The van der Waals surface area contributed by atoms with E-state index in [-0.39, 0.29) is 37.5 Å². The van der Waals surface area contributed by atoms with E-state index in [1.54, 1.807) is 0 Å². The zero-order valence-electron chi connectivity index (χ0n) is 45.6. The van der Waals surface area contributed by atoms with Crippen molar-refractivity contribution in [2.24, 2.45) is 0 Å². The Morgan fingerprint density at radius 1 is 0.290 bits per heavy atom. The van der Waals surface area contributed by atoms with Gasteiger partial charge in [-0.15, -0.1) is 0 Å². The van der Waals surface area contributed by atoms with Gasteiger partial charge in [-0.3, -0.25) is 14.4 Å². The molecule has 0 heterocycles. The number of esters is 3. The highest BCUT2D eigenvalue weighted by molar-refractivity contribution is 5.71. The summed E-state index contributed by atoms with van der Waals surface area (Å²) in [6.45, 7) is 6.56. The van der Waals surface area contributed by atoms with Gasteiger partial charge in [-0.05, 0) is 89.9 Å². The Labute approximate surface area is 427 Å². The van der Waals surface area contributed by atoms with Crippen LogP contribution < -0.4 is 0 Å². The Morgan fingerprint density at radius 3 is 0.884 bits per heavy atom. The molecule has 0 aromatic rings. The summed E-state index contributed by atoms with van der Waals surface area (Å²) in [4.78, 5) is 38.2.